The van der Waals surface area contributed by atoms with E-state index in [4.69, 9.17) is 4.42 Å². The lowest BCUT2D eigenvalue weighted by Gasteiger charge is -2.37. The van der Waals surface area contributed by atoms with Crippen LogP contribution in [0.3, 0.4) is 0 Å². The van der Waals surface area contributed by atoms with E-state index in [0.717, 1.165) is 37.0 Å². The van der Waals surface area contributed by atoms with E-state index >= 15 is 0 Å². The standard InChI is InChI=1S/C22H29FN2O2/c1-14-12-20(15(2)27-14)22(26)24-19-10-8-16(9-11-19)21(25(3)4)17-6-5-7-18(23)13-17/h5-7,12-13,16,19,21H,8-11H2,1-4H3,(H,24,26). The number of benzene rings is 1. The van der Waals surface area contributed by atoms with Gasteiger partial charge >= 0.3 is 0 Å². The fourth-order valence-electron chi connectivity index (χ4n) is 4.38. The number of hydrogen-bond donors (Lipinski definition) is 1. The van der Waals surface area contributed by atoms with Crippen molar-refractivity contribution in [1.29, 1.82) is 0 Å². The van der Waals surface area contributed by atoms with E-state index < -0.39 is 0 Å². The quantitative estimate of drug-likeness (QED) is 0.832. The highest BCUT2D eigenvalue weighted by Gasteiger charge is 2.31. The minimum Gasteiger partial charge on any atom is -0.466 e. The molecule has 3 rings (SSSR count). The second kappa shape index (κ2) is 8.26. The molecule has 0 saturated heterocycles. The zero-order chi connectivity index (χ0) is 19.6. The Hall–Kier alpha value is -2.14. The molecule has 0 aliphatic heterocycles. The molecule has 2 aromatic rings. The lowest BCUT2D eigenvalue weighted by molar-refractivity contribution is 0.0905. The minimum absolute atomic E-state index is 0.0536. The Balaban J connectivity index is 1.62. The zero-order valence-electron chi connectivity index (χ0n) is 16.6. The fraction of sp³-hybridized carbons (Fsp3) is 0.500. The number of hydrogen-bond acceptors (Lipinski definition) is 3. The van der Waals surface area contributed by atoms with Gasteiger partial charge in [-0.3, -0.25) is 4.79 Å². The smallest absolute Gasteiger partial charge is 0.255 e. The molecule has 5 heteroatoms. The number of carbonyl (C=O) groups is 1. The largest absolute Gasteiger partial charge is 0.466 e. The molecule has 1 unspecified atom stereocenters. The highest BCUT2D eigenvalue weighted by atomic mass is 19.1. The van der Waals surface area contributed by atoms with Gasteiger partial charge in [-0.1, -0.05) is 12.1 Å². The molecule has 4 nitrogen and oxygen atoms in total. The third kappa shape index (κ3) is 4.59. The monoisotopic (exact) mass is 372 g/mol. The van der Waals surface area contributed by atoms with Crippen LogP contribution in [0.5, 0.6) is 0 Å². The second-order valence-corrected chi connectivity index (χ2v) is 7.88. The molecule has 1 saturated carbocycles. The van der Waals surface area contributed by atoms with E-state index in [9.17, 15) is 9.18 Å². The van der Waals surface area contributed by atoms with Gasteiger partial charge in [0.15, 0.2) is 0 Å². The molecule has 1 N–H and O–H groups in total. The van der Waals surface area contributed by atoms with Crippen LogP contribution in [0, 0.1) is 25.6 Å². The van der Waals surface area contributed by atoms with Crippen LogP contribution in [0.15, 0.2) is 34.7 Å². The minimum atomic E-state index is -0.189. The molecule has 1 aliphatic carbocycles. The van der Waals surface area contributed by atoms with Crippen LogP contribution >= 0.6 is 0 Å². The Morgan fingerprint density at radius 3 is 2.44 bits per heavy atom. The molecule has 0 spiro atoms. The van der Waals surface area contributed by atoms with Gasteiger partial charge < -0.3 is 14.6 Å². The van der Waals surface area contributed by atoms with Gasteiger partial charge in [0.1, 0.15) is 17.3 Å². The predicted molar refractivity (Wildman–Crippen MR) is 104 cm³/mol. The van der Waals surface area contributed by atoms with Gasteiger partial charge in [0, 0.05) is 12.1 Å². The predicted octanol–water partition coefficient (Wildman–Crippen LogP) is 4.63. The van der Waals surface area contributed by atoms with Gasteiger partial charge in [-0.05, 0) is 83.3 Å². The summed E-state index contributed by atoms with van der Waals surface area (Å²) < 4.78 is 19.1. The fourth-order valence-corrected chi connectivity index (χ4v) is 4.38. The van der Waals surface area contributed by atoms with Crippen LogP contribution in [0.1, 0.15) is 59.2 Å². The first-order valence-electron chi connectivity index (χ1n) is 9.65. The maximum absolute atomic E-state index is 13.7. The Bertz CT molecular complexity index is 791. The molecule has 1 fully saturated rings. The molecular weight excluding hydrogens is 343 g/mol. The number of carbonyl (C=O) groups excluding carboxylic acids is 1. The second-order valence-electron chi connectivity index (χ2n) is 7.88. The van der Waals surface area contributed by atoms with Crippen molar-refractivity contribution in [2.75, 3.05) is 14.1 Å². The number of nitrogens with one attached hydrogen (secondary N) is 1. The molecule has 146 valence electrons. The molecule has 1 aromatic heterocycles. The number of aryl methyl sites for hydroxylation is 2. The summed E-state index contributed by atoms with van der Waals surface area (Å²) >= 11 is 0. The number of nitrogens with zero attached hydrogens (tertiary/aromatic N) is 1. The van der Waals surface area contributed by atoms with Crippen molar-refractivity contribution in [3.05, 3.63) is 58.8 Å². The number of rotatable bonds is 5. The Labute approximate surface area is 160 Å². The summed E-state index contributed by atoms with van der Waals surface area (Å²) in [5.41, 5.74) is 1.65. The van der Waals surface area contributed by atoms with Crippen LogP contribution in [0.4, 0.5) is 4.39 Å². The average Bonchev–Trinajstić information content (AvgIpc) is 2.95. The summed E-state index contributed by atoms with van der Waals surface area (Å²) in [6.45, 7) is 3.67. The van der Waals surface area contributed by atoms with E-state index in [2.05, 4.69) is 10.2 Å². The maximum Gasteiger partial charge on any atom is 0.255 e. The Kier molecular flexibility index (Phi) is 6.00. The van der Waals surface area contributed by atoms with Crippen LogP contribution in [-0.2, 0) is 0 Å². The Morgan fingerprint density at radius 1 is 1.19 bits per heavy atom. The third-order valence-electron chi connectivity index (χ3n) is 5.59. The first-order chi connectivity index (χ1) is 12.8. The lowest BCUT2D eigenvalue weighted by atomic mass is 9.78. The summed E-state index contributed by atoms with van der Waals surface area (Å²) in [6.07, 6.45) is 3.89. The highest BCUT2D eigenvalue weighted by Crippen LogP contribution is 2.37. The summed E-state index contributed by atoms with van der Waals surface area (Å²) in [7, 11) is 4.10. The van der Waals surface area contributed by atoms with E-state index in [1.165, 1.54) is 6.07 Å². The molecule has 1 heterocycles. The van der Waals surface area contributed by atoms with Crippen molar-refractivity contribution in [3.8, 4) is 0 Å². The summed E-state index contributed by atoms with van der Waals surface area (Å²) in [6, 6.07) is 9.08. The first-order valence-corrected chi connectivity index (χ1v) is 9.65. The third-order valence-corrected chi connectivity index (χ3v) is 5.59. The lowest BCUT2D eigenvalue weighted by Crippen LogP contribution is -2.40. The first kappa shape index (κ1) is 19.6. The van der Waals surface area contributed by atoms with Gasteiger partial charge in [0.05, 0.1) is 5.56 Å². The number of halogens is 1. The average molecular weight is 372 g/mol. The van der Waals surface area contributed by atoms with Gasteiger partial charge in [0.25, 0.3) is 5.91 Å². The normalized spacial score (nSPS) is 21.3. The van der Waals surface area contributed by atoms with E-state index in [1.54, 1.807) is 18.2 Å². The van der Waals surface area contributed by atoms with Crippen LogP contribution in [0.25, 0.3) is 0 Å². The molecule has 1 amide bonds. The van der Waals surface area contributed by atoms with Crippen LogP contribution in [-0.4, -0.2) is 30.9 Å². The molecule has 1 aliphatic rings. The number of furan rings is 1. The Morgan fingerprint density at radius 2 is 1.89 bits per heavy atom. The summed E-state index contributed by atoms with van der Waals surface area (Å²) in [4.78, 5) is 14.7. The molecule has 27 heavy (non-hydrogen) atoms. The van der Waals surface area contributed by atoms with Crippen molar-refractivity contribution in [3.63, 3.8) is 0 Å². The molecule has 0 radical (unpaired) electrons. The van der Waals surface area contributed by atoms with E-state index in [-0.39, 0.29) is 23.8 Å². The van der Waals surface area contributed by atoms with E-state index in [1.807, 2.05) is 34.0 Å². The molecular formula is C22H29FN2O2. The van der Waals surface area contributed by atoms with E-state index in [0.29, 0.717) is 17.2 Å². The van der Waals surface area contributed by atoms with Gasteiger partial charge in [-0.2, -0.15) is 0 Å². The van der Waals surface area contributed by atoms with Crippen molar-refractivity contribution >= 4 is 5.91 Å². The van der Waals surface area contributed by atoms with Crippen molar-refractivity contribution in [1.82, 2.24) is 10.2 Å². The zero-order valence-corrected chi connectivity index (χ0v) is 16.6. The topological polar surface area (TPSA) is 45.5 Å². The molecule has 1 aromatic carbocycles. The summed E-state index contributed by atoms with van der Waals surface area (Å²) in [5.74, 6) is 1.63. The van der Waals surface area contributed by atoms with Crippen molar-refractivity contribution in [2.45, 2.75) is 51.6 Å². The molecule has 1 atom stereocenters. The van der Waals surface area contributed by atoms with Crippen LogP contribution < -0.4 is 5.32 Å². The van der Waals surface area contributed by atoms with Crippen molar-refractivity contribution in [2.24, 2.45) is 5.92 Å². The van der Waals surface area contributed by atoms with Gasteiger partial charge in [-0.15, -0.1) is 0 Å². The van der Waals surface area contributed by atoms with Gasteiger partial charge in [-0.25, -0.2) is 4.39 Å². The molecule has 0 bridgehead atoms. The maximum atomic E-state index is 13.7. The van der Waals surface area contributed by atoms with Crippen LogP contribution in [0.2, 0.25) is 0 Å². The summed E-state index contributed by atoms with van der Waals surface area (Å²) in [5, 5.41) is 3.15. The highest BCUT2D eigenvalue weighted by molar-refractivity contribution is 5.95. The number of amides is 1. The SMILES string of the molecule is Cc1cc(C(=O)NC2CCC(C(c3cccc(F)c3)N(C)C)CC2)c(C)o1. The van der Waals surface area contributed by atoms with Crippen molar-refractivity contribution < 1.29 is 13.6 Å². The van der Waals surface area contributed by atoms with Gasteiger partial charge in [0.2, 0.25) is 0 Å².